The van der Waals surface area contributed by atoms with Crippen LogP contribution in [-0.2, 0) is 12.8 Å². The fourth-order valence-corrected chi connectivity index (χ4v) is 13.0. The minimum absolute atomic E-state index is 0.141. The Balaban J connectivity index is 0.000000146. The average molecular weight is 1350 g/mol. The number of hydrogen-bond donors (Lipinski definition) is 0. The number of rotatable bonds is 7. The number of fused-ring (bicyclic) bond motifs is 5. The van der Waals surface area contributed by atoms with Crippen molar-refractivity contribution in [3.8, 4) is 40.2 Å². The Morgan fingerprint density at radius 2 is 0.857 bits per heavy atom. The van der Waals surface area contributed by atoms with E-state index in [-0.39, 0.29) is 23.6 Å². The van der Waals surface area contributed by atoms with Crippen LogP contribution in [0.25, 0.3) is 10.9 Å². The van der Waals surface area contributed by atoms with Crippen LogP contribution in [0.2, 0.25) is 5.02 Å². The molecule has 0 fully saturated rings. The number of pyridine rings is 1. The predicted molar refractivity (Wildman–Crippen MR) is 400 cm³/mol. The third-order valence-corrected chi connectivity index (χ3v) is 18.9. The van der Waals surface area contributed by atoms with Gasteiger partial charge in [-0.25, -0.2) is 0 Å². The van der Waals surface area contributed by atoms with Crippen molar-refractivity contribution < 1.29 is 47.5 Å². The second-order valence-corrected chi connectivity index (χ2v) is 28.9. The molecule has 8 aromatic rings. The summed E-state index contributed by atoms with van der Waals surface area (Å²) in [7, 11) is 0. The van der Waals surface area contributed by atoms with Gasteiger partial charge in [0.05, 0.1) is 55.2 Å². The van der Waals surface area contributed by atoms with Crippen molar-refractivity contribution in [3.63, 3.8) is 0 Å². The lowest BCUT2D eigenvalue weighted by molar-refractivity contribution is 0.0678. The van der Waals surface area contributed by atoms with Crippen LogP contribution in [0.1, 0.15) is 274 Å². The molecule has 1 unspecified atom stereocenters. The van der Waals surface area contributed by atoms with E-state index in [9.17, 15) is 14.4 Å². The molecule has 7 heterocycles. The molecule has 0 spiro atoms. The molecule has 0 N–H and O–H groups in total. The fraction of sp³-hybridized carbons (Fsp3) is 0.442. The van der Waals surface area contributed by atoms with Crippen molar-refractivity contribution >= 4 is 39.9 Å². The minimum Gasteiger partial charge on any atom is -0.493 e. The predicted octanol–water partition coefficient (Wildman–Crippen LogP) is 22.4. The van der Waals surface area contributed by atoms with Crippen molar-refractivity contribution in [1.29, 1.82) is 0 Å². The van der Waals surface area contributed by atoms with E-state index in [4.69, 9.17) is 44.8 Å². The number of halogens is 1. The molecule has 6 aliphatic heterocycles. The van der Waals surface area contributed by atoms with E-state index in [1.54, 1.807) is 0 Å². The highest BCUT2D eigenvalue weighted by Gasteiger charge is 2.27. The molecule has 11 nitrogen and oxygen atoms in total. The van der Waals surface area contributed by atoms with Crippen LogP contribution < -0.4 is 33.2 Å². The molecule has 14 rings (SSSR count). The monoisotopic (exact) mass is 1350 g/mol. The first-order chi connectivity index (χ1) is 46.6. The second-order valence-electron chi connectivity index (χ2n) is 28.4. The van der Waals surface area contributed by atoms with Crippen LogP contribution in [0.15, 0.2) is 115 Å². The van der Waals surface area contributed by atoms with Gasteiger partial charge in [0.15, 0.2) is 28.8 Å². The van der Waals surface area contributed by atoms with Gasteiger partial charge in [-0.05, 0) is 215 Å². The first kappa shape index (κ1) is 75.6. The first-order valence-corrected chi connectivity index (χ1v) is 35.9. The highest BCUT2D eigenvalue weighted by atomic mass is 35.5. The molecular weight excluding hydrogens is 1240 g/mol. The van der Waals surface area contributed by atoms with Crippen molar-refractivity contribution in [3.05, 3.63) is 209 Å². The molecule has 0 radical (unpaired) electrons. The minimum atomic E-state index is -0.141. The summed E-state index contributed by atoms with van der Waals surface area (Å²) >= 11 is 5.72. The van der Waals surface area contributed by atoms with Gasteiger partial charge in [-0.15, -0.1) is 0 Å². The van der Waals surface area contributed by atoms with Crippen molar-refractivity contribution in [2.75, 3.05) is 33.0 Å². The summed E-state index contributed by atoms with van der Waals surface area (Å²) < 4.78 is 38.8. The summed E-state index contributed by atoms with van der Waals surface area (Å²) in [6.07, 6.45) is 6.64. The lowest BCUT2D eigenvalue weighted by Crippen LogP contribution is -2.18. The number of carbonyl (C=O) groups excluding carboxylic acids is 3. The molecule has 0 saturated heterocycles. The molecule has 0 bridgehead atoms. The molecule has 0 saturated carbocycles. The smallest absolute Gasteiger partial charge is 0.238 e. The molecule has 98 heavy (non-hydrogen) atoms. The summed E-state index contributed by atoms with van der Waals surface area (Å²) in [6.45, 7) is 44.0. The van der Waals surface area contributed by atoms with Gasteiger partial charge < -0.3 is 33.2 Å². The topological polar surface area (TPSA) is 129 Å². The molecule has 6 aliphatic rings. The largest absolute Gasteiger partial charge is 0.493 e. The molecule has 7 aromatic carbocycles. The van der Waals surface area contributed by atoms with Crippen LogP contribution in [0.5, 0.6) is 40.2 Å². The molecule has 522 valence electrons. The van der Waals surface area contributed by atoms with Crippen LogP contribution >= 0.6 is 11.6 Å². The maximum absolute atomic E-state index is 12.0. The summed E-state index contributed by atoms with van der Waals surface area (Å²) in [5, 5.41) is 2.03. The van der Waals surface area contributed by atoms with Gasteiger partial charge in [0.1, 0.15) is 28.7 Å². The van der Waals surface area contributed by atoms with Gasteiger partial charge in [-0.1, -0.05) is 157 Å². The highest BCUT2D eigenvalue weighted by Crippen LogP contribution is 2.41. The lowest BCUT2D eigenvalue weighted by Gasteiger charge is -2.24. The van der Waals surface area contributed by atoms with E-state index in [2.05, 4.69) is 170 Å². The Hall–Kier alpha value is -8.15. The Bertz CT molecular complexity index is 4000. The number of ether oxygens (including phenoxy) is 7. The maximum atomic E-state index is 12.0. The van der Waals surface area contributed by atoms with E-state index in [1.807, 2.05) is 81.6 Å². The third kappa shape index (κ3) is 19.0. The lowest BCUT2D eigenvalue weighted by atomic mass is 9.88. The number of aromatic nitrogens is 1. The van der Waals surface area contributed by atoms with Gasteiger partial charge in [0.25, 0.3) is 0 Å². The number of carbonyl (C=O) groups is 3. The van der Waals surface area contributed by atoms with E-state index in [0.29, 0.717) is 80.5 Å². The first-order valence-electron chi connectivity index (χ1n) is 35.5. The fourth-order valence-electron chi connectivity index (χ4n) is 12.9. The Kier molecular flexibility index (Phi) is 26.7. The zero-order chi connectivity index (χ0) is 71.2. The van der Waals surface area contributed by atoms with E-state index < -0.39 is 0 Å². The van der Waals surface area contributed by atoms with Crippen LogP contribution in [0, 0.1) is 27.7 Å². The van der Waals surface area contributed by atoms with Crippen LogP contribution in [0.4, 0.5) is 0 Å². The van der Waals surface area contributed by atoms with Gasteiger partial charge >= 0.3 is 0 Å². The maximum Gasteiger partial charge on any atom is 0.238 e. The molecular formula is C86H106ClNO10. The van der Waals surface area contributed by atoms with Crippen molar-refractivity contribution in [2.24, 2.45) is 0 Å². The van der Waals surface area contributed by atoms with Crippen LogP contribution in [-0.4, -0.2) is 61.7 Å². The van der Waals surface area contributed by atoms with Crippen LogP contribution in [0.3, 0.4) is 0 Å². The second kappa shape index (κ2) is 34.6. The molecule has 1 atom stereocenters. The number of ketones is 3. The van der Waals surface area contributed by atoms with Crippen molar-refractivity contribution in [1.82, 2.24) is 4.98 Å². The van der Waals surface area contributed by atoms with E-state index >= 15 is 0 Å². The quantitative estimate of drug-likeness (QED) is 0.151. The Labute approximate surface area is 589 Å². The van der Waals surface area contributed by atoms with Gasteiger partial charge in [0, 0.05) is 49.2 Å². The molecule has 0 amide bonds. The third-order valence-electron chi connectivity index (χ3n) is 18.7. The van der Waals surface area contributed by atoms with E-state index in [0.717, 1.165) is 105 Å². The highest BCUT2D eigenvalue weighted by molar-refractivity contribution is 6.30. The zero-order valence-electron chi connectivity index (χ0n) is 61.8. The SMILES string of the molecule is CC(C)c1ccc(Cl)cc1.CC(C)c1ccc2c(c1)C(=O)CCO2.CC(C)c1ccc2c(c1)C(=O)CCO2.CC(C)c1ccc2c3c(ccnc13)CCO2.CC1Oc2ccc(C(C)C)cc2O1.Cc1cc(C(C)C)c(C)c2c1OCCC2.Cc1cc(C(C)C)c(C)c2c1OCCC2=O. The number of Topliss-reactive ketones (excluding diaryl/α,β-unsaturated/α-hetero) is 3. The summed E-state index contributed by atoms with van der Waals surface area (Å²) in [4.78, 5) is 39.6. The van der Waals surface area contributed by atoms with Gasteiger partial charge in [-0.2, -0.15) is 0 Å². The summed E-state index contributed by atoms with van der Waals surface area (Å²) in [5.74, 6) is 10.4. The molecule has 1 aromatic heterocycles. The van der Waals surface area contributed by atoms with E-state index in [1.165, 1.54) is 73.0 Å². The zero-order valence-corrected chi connectivity index (χ0v) is 62.5. The average Bonchev–Trinajstić information content (AvgIpc) is 0.839. The number of benzene rings is 7. The normalized spacial score (nSPS) is 15.1. The van der Waals surface area contributed by atoms with Gasteiger partial charge in [-0.3, -0.25) is 19.4 Å². The van der Waals surface area contributed by atoms with Gasteiger partial charge in [0.2, 0.25) is 6.29 Å². The Morgan fingerprint density at radius 3 is 1.41 bits per heavy atom. The standard InChI is InChI=1S/C14H15NO.C14H18O2.C14H20O.2C12H14O2.C11H14O2.C9H11Cl/c1-9(2)11-3-4-12-13-10(6-8-16-12)5-7-15-14(11)13;1-8(2)11-7-9(3)14-13(10(11)4)12(15)5-6-16-14;1-9(2)13-8-10(3)14-12(11(13)4)6-5-7-15-14;2*1-8(2)9-3-4-12-10(7-9)11(13)5-6-14-12;1-7(2)9-4-5-10-11(6-9)13-8(3)12-10;1-7(2)8-3-5-9(10)6-4-8/h3-5,7,9H,6,8H2,1-2H3;7-8H,5-6H2,1-4H3;8-9H,5-7H2,1-4H3;2*3-4,7-8H,5-6H2,1-2H3;4-8H,1-3H3;3-7H,1-2H3. The Morgan fingerprint density at radius 1 is 0.408 bits per heavy atom. The molecule has 0 aliphatic carbocycles. The summed E-state index contributed by atoms with van der Waals surface area (Å²) in [6, 6.07) is 36.7. The number of aryl methyl sites for hydroxylation is 2. The van der Waals surface area contributed by atoms with Crippen molar-refractivity contribution in [2.45, 2.75) is 218 Å². The molecule has 12 heteroatoms. The summed E-state index contributed by atoms with van der Waals surface area (Å²) in [5.41, 5.74) is 20.3. The number of hydrogen-bond acceptors (Lipinski definition) is 11. The number of nitrogens with zero attached hydrogens (tertiary/aromatic N) is 1.